The number of aliphatic hydroxyl groups is 1. The number of benzene rings is 1. The number of aliphatic hydroxyl groups excluding tert-OH is 1. The molecule has 2 heterocycles. The number of aromatic nitrogens is 4. The fourth-order valence-electron chi connectivity index (χ4n) is 2.45. The second kappa shape index (κ2) is 7.82. The maximum absolute atomic E-state index is 9.84. The molecule has 0 aliphatic heterocycles. The second-order valence-electron chi connectivity index (χ2n) is 5.36. The van der Waals surface area contributed by atoms with Gasteiger partial charge in [0.1, 0.15) is 18.0 Å². The van der Waals surface area contributed by atoms with Crippen molar-refractivity contribution >= 4 is 17.5 Å². The van der Waals surface area contributed by atoms with Gasteiger partial charge < -0.3 is 15.5 Å². The van der Waals surface area contributed by atoms with E-state index in [9.17, 15) is 5.11 Å². The number of phenols is 1. The highest BCUT2D eigenvalue weighted by Gasteiger charge is 2.16. The second-order valence-corrected chi connectivity index (χ2v) is 5.80. The predicted molar refractivity (Wildman–Crippen MR) is 96.6 cm³/mol. The van der Waals surface area contributed by atoms with Crippen molar-refractivity contribution in [2.75, 3.05) is 18.5 Å². The third-order valence-electron chi connectivity index (χ3n) is 3.48. The van der Waals surface area contributed by atoms with Gasteiger partial charge in [0, 0.05) is 35.1 Å². The summed E-state index contributed by atoms with van der Waals surface area (Å²) in [7, 11) is 0. The lowest BCUT2D eigenvalue weighted by Gasteiger charge is -2.06. The topological polar surface area (TPSA) is 120 Å². The molecule has 0 atom stereocenters. The molecule has 0 spiro atoms. The first-order chi connectivity index (χ1) is 12.6. The Bertz CT molecular complexity index is 946. The van der Waals surface area contributed by atoms with Gasteiger partial charge in [-0.3, -0.25) is 4.68 Å². The molecule has 2 aromatic heterocycles. The van der Waals surface area contributed by atoms with Crippen LogP contribution in [0.25, 0.3) is 22.5 Å². The Labute approximate surface area is 154 Å². The van der Waals surface area contributed by atoms with Gasteiger partial charge in [0.05, 0.1) is 18.4 Å². The van der Waals surface area contributed by atoms with Gasteiger partial charge in [-0.25, -0.2) is 9.97 Å². The minimum atomic E-state index is -0.0409. The van der Waals surface area contributed by atoms with Crippen molar-refractivity contribution in [1.82, 2.24) is 19.7 Å². The zero-order chi connectivity index (χ0) is 18.5. The quantitative estimate of drug-likeness (QED) is 0.608. The molecule has 0 aliphatic carbocycles. The van der Waals surface area contributed by atoms with Gasteiger partial charge in [0.15, 0.2) is 0 Å². The Hall–Kier alpha value is -3.15. The van der Waals surface area contributed by atoms with E-state index < -0.39 is 0 Å². The van der Waals surface area contributed by atoms with E-state index in [0.717, 1.165) is 0 Å². The number of rotatable bonds is 6. The van der Waals surface area contributed by atoms with Crippen LogP contribution in [0.5, 0.6) is 5.75 Å². The summed E-state index contributed by atoms with van der Waals surface area (Å²) in [5.41, 5.74) is 2.38. The molecule has 3 N–H and O–H groups in total. The van der Waals surface area contributed by atoms with E-state index in [1.807, 2.05) is 6.07 Å². The van der Waals surface area contributed by atoms with E-state index in [0.29, 0.717) is 40.0 Å². The molecular weight excluding hydrogens is 356 g/mol. The Morgan fingerprint density at radius 3 is 2.88 bits per heavy atom. The number of anilines is 1. The summed E-state index contributed by atoms with van der Waals surface area (Å²) in [6, 6.07) is 8.40. The third-order valence-corrected chi connectivity index (χ3v) is 3.70. The molecule has 3 aromatic rings. The van der Waals surface area contributed by atoms with Crippen molar-refractivity contribution < 1.29 is 10.2 Å². The molecule has 0 saturated heterocycles. The van der Waals surface area contributed by atoms with E-state index in [4.69, 9.17) is 22.0 Å². The van der Waals surface area contributed by atoms with E-state index in [1.54, 1.807) is 30.6 Å². The molecule has 8 nitrogen and oxygen atoms in total. The number of nitriles is 1. The fraction of sp³-hybridized carbons (Fsp3) is 0.176. The Kier molecular flexibility index (Phi) is 5.31. The van der Waals surface area contributed by atoms with Crippen LogP contribution in [0.1, 0.15) is 0 Å². The van der Waals surface area contributed by atoms with Crippen LogP contribution in [0.3, 0.4) is 0 Å². The number of aromatic hydroxyl groups is 1. The normalized spacial score (nSPS) is 10.5. The molecular formula is C17H15ClN6O2. The molecule has 9 heteroatoms. The lowest BCUT2D eigenvalue weighted by atomic mass is 10.1. The zero-order valence-electron chi connectivity index (χ0n) is 13.6. The molecule has 0 bridgehead atoms. The van der Waals surface area contributed by atoms with Gasteiger partial charge in [0.2, 0.25) is 5.95 Å². The SMILES string of the molecule is N#CCn1cc(-c2ccnc(NCCO)n2)c(-c2cc(O)cc(Cl)c2)n1. The fourth-order valence-corrected chi connectivity index (χ4v) is 2.68. The van der Waals surface area contributed by atoms with Crippen molar-refractivity contribution in [1.29, 1.82) is 5.26 Å². The van der Waals surface area contributed by atoms with E-state index in [2.05, 4.69) is 20.4 Å². The van der Waals surface area contributed by atoms with Crippen molar-refractivity contribution in [2.24, 2.45) is 0 Å². The lowest BCUT2D eigenvalue weighted by molar-refractivity contribution is 0.311. The van der Waals surface area contributed by atoms with Crippen molar-refractivity contribution in [3.63, 3.8) is 0 Å². The Morgan fingerprint density at radius 2 is 2.15 bits per heavy atom. The van der Waals surface area contributed by atoms with Crippen LogP contribution >= 0.6 is 11.6 Å². The lowest BCUT2D eigenvalue weighted by Crippen LogP contribution is -2.08. The Morgan fingerprint density at radius 1 is 1.31 bits per heavy atom. The molecule has 1 aromatic carbocycles. The van der Waals surface area contributed by atoms with E-state index in [1.165, 1.54) is 10.7 Å². The summed E-state index contributed by atoms with van der Waals surface area (Å²) in [5, 5.41) is 35.4. The van der Waals surface area contributed by atoms with Crippen LogP contribution in [0.2, 0.25) is 5.02 Å². The largest absolute Gasteiger partial charge is 0.508 e. The summed E-state index contributed by atoms with van der Waals surface area (Å²) in [5.74, 6) is 0.380. The first kappa shape index (κ1) is 17.7. The van der Waals surface area contributed by atoms with Crippen molar-refractivity contribution in [3.8, 4) is 34.3 Å². The number of phenolic OH excluding ortho intramolecular Hbond substituents is 1. The average molecular weight is 371 g/mol. The average Bonchev–Trinajstić information content (AvgIpc) is 3.04. The van der Waals surface area contributed by atoms with Crippen LogP contribution in [-0.4, -0.2) is 43.1 Å². The maximum atomic E-state index is 9.84. The molecule has 0 amide bonds. The van der Waals surface area contributed by atoms with E-state index in [-0.39, 0.29) is 18.9 Å². The van der Waals surface area contributed by atoms with Crippen LogP contribution in [-0.2, 0) is 6.54 Å². The van der Waals surface area contributed by atoms with Gasteiger partial charge in [-0.15, -0.1) is 0 Å². The highest BCUT2D eigenvalue weighted by molar-refractivity contribution is 6.31. The minimum Gasteiger partial charge on any atom is -0.508 e. The van der Waals surface area contributed by atoms with Crippen LogP contribution in [0, 0.1) is 11.3 Å². The summed E-state index contributed by atoms with van der Waals surface area (Å²) in [4.78, 5) is 8.52. The molecule has 0 unspecified atom stereocenters. The molecule has 0 radical (unpaired) electrons. The molecule has 3 rings (SSSR count). The van der Waals surface area contributed by atoms with Crippen LogP contribution in [0.4, 0.5) is 5.95 Å². The van der Waals surface area contributed by atoms with Gasteiger partial charge >= 0.3 is 0 Å². The van der Waals surface area contributed by atoms with Crippen LogP contribution < -0.4 is 5.32 Å². The number of nitrogens with one attached hydrogen (secondary N) is 1. The van der Waals surface area contributed by atoms with Crippen molar-refractivity contribution in [3.05, 3.63) is 41.7 Å². The van der Waals surface area contributed by atoms with E-state index >= 15 is 0 Å². The number of hydrogen-bond acceptors (Lipinski definition) is 7. The molecule has 26 heavy (non-hydrogen) atoms. The first-order valence-corrected chi connectivity index (χ1v) is 8.11. The predicted octanol–water partition coefficient (Wildman–Crippen LogP) is 2.29. The highest BCUT2D eigenvalue weighted by Crippen LogP contribution is 2.33. The van der Waals surface area contributed by atoms with Crippen molar-refractivity contribution in [2.45, 2.75) is 6.54 Å². The van der Waals surface area contributed by atoms with Gasteiger partial charge in [0.25, 0.3) is 0 Å². The molecule has 132 valence electrons. The first-order valence-electron chi connectivity index (χ1n) is 7.73. The summed E-state index contributed by atoms with van der Waals surface area (Å²) < 4.78 is 1.49. The molecule has 0 saturated carbocycles. The summed E-state index contributed by atoms with van der Waals surface area (Å²) in [6.45, 7) is 0.354. The third kappa shape index (κ3) is 3.91. The summed E-state index contributed by atoms with van der Waals surface area (Å²) >= 11 is 6.04. The maximum Gasteiger partial charge on any atom is 0.223 e. The smallest absolute Gasteiger partial charge is 0.223 e. The van der Waals surface area contributed by atoms with Crippen LogP contribution in [0.15, 0.2) is 36.7 Å². The molecule has 0 aliphatic rings. The zero-order valence-corrected chi connectivity index (χ0v) is 14.3. The highest BCUT2D eigenvalue weighted by atomic mass is 35.5. The van der Waals surface area contributed by atoms with Gasteiger partial charge in [-0.1, -0.05) is 11.6 Å². The minimum absolute atomic E-state index is 0.0151. The summed E-state index contributed by atoms with van der Waals surface area (Å²) in [6.07, 6.45) is 3.29. The van der Waals surface area contributed by atoms with Gasteiger partial charge in [-0.05, 0) is 24.3 Å². The van der Waals surface area contributed by atoms with Gasteiger partial charge in [-0.2, -0.15) is 10.4 Å². The standard InChI is InChI=1S/C17H15ClN6O2/c18-12-7-11(8-13(26)9-12)16-14(10-24(23-16)5-2-19)15-1-3-20-17(22-15)21-4-6-25/h1,3,7-10,25-26H,4-6H2,(H,20,21,22). The Balaban J connectivity index is 2.10. The number of hydrogen-bond donors (Lipinski definition) is 3. The number of halogens is 1. The molecule has 0 fully saturated rings. The monoisotopic (exact) mass is 370 g/mol. The number of nitrogens with zero attached hydrogens (tertiary/aromatic N) is 5.